The maximum Gasteiger partial charge on any atom is 0.365 e. The zero-order chi connectivity index (χ0) is 15.7. The van der Waals surface area contributed by atoms with Gasteiger partial charge in [0, 0.05) is 5.56 Å². The van der Waals surface area contributed by atoms with Gasteiger partial charge in [-0.25, -0.2) is 9.48 Å². The molecule has 22 heavy (non-hydrogen) atoms. The minimum absolute atomic E-state index is 0.0788. The lowest BCUT2D eigenvalue weighted by molar-refractivity contribution is 0.395. The number of rotatable bonds is 4. The van der Waals surface area contributed by atoms with Crippen LogP contribution in [-0.4, -0.2) is 30.9 Å². The quantitative estimate of drug-likeness (QED) is 0.562. The van der Waals surface area contributed by atoms with E-state index in [2.05, 4.69) is 15.3 Å². The molecule has 2 N–H and O–H groups in total. The van der Waals surface area contributed by atoms with Gasteiger partial charge in [0.25, 0.3) is 5.22 Å². The van der Waals surface area contributed by atoms with E-state index in [-0.39, 0.29) is 6.54 Å². The van der Waals surface area contributed by atoms with Gasteiger partial charge < -0.3 is 10.3 Å². The van der Waals surface area contributed by atoms with Gasteiger partial charge in [-0.2, -0.15) is 4.68 Å². The van der Waals surface area contributed by atoms with Gasteiger partial charge in [0.2, 0.25) is 5.89 Å². The molecule has 0 amide bonds. The van der Waals surface area contributed by atoms with Crippen LogP contribution in [0.1, 0.15) is 11.5 Å². The van der Waals surface area contributed by atoms with E-state index in [9.17, 15) is 4.79 Å². The molecule has 0 bridgehead atoms. The summed E-state index contributed by atoms with van der Waals surface area (Å²) in [6.45, 7) is 2.06. The largest absolute Gasteiger partial charge is 0.414 e. The first-order valence-electron chi connectivity index (χ1n) is 6.47. The molecule has 0 aliphatic rings. The van der Waals surface area contributed by atoms with Crippen molar-refractivity contribution in [2.75, 3.05) is 12.1 Å². The second-order valence-corrected chi connectivity index (χ2v) is 5.42. The van der Waals surface area contributed by atoms with Crippen molar-refractivity contribution in [2.45, 2.75) is 18.7 Å². The summed E-state index contributed by atoms with van der Waals surface area (Å²) >= 11 is 1.33. The van der Waals surface area contributed by atoms with Crippen molar-refractivity contribution < 1.29 is 4.42 Å². The summed E-state index contributed by atoms with van der Waals surface area (Å²) in [6.07, 6.45) is 1.83. The van der Waals surface area contributed by atoms with Gasteiger partial charge >= 0.3 is 5.69 Å². The monoisotopic (exact) mass is 318 g/mol. The van der Waals surface area contributed by atoms with Crippen molar-refractivity contribution in [2.24, 2.45) is 0 Å². The number of nitrogen functional groups attached to an aromatic ring is 1. The number of thioether (sulfide) groups is 1. The Morgan fingerprint density at radius 2 is 2.00 bits per heavy atom. The van der Waals surface area contributed by atoms with E-state index in [0.717, 1.165) is 15.8 Å². The van der Waals surface area contributed by atoms with Crippen LogP contribution < -0.4 is 11.5 Å². The molecule has 0 fully saturated rings. The lowest BCUT2D eigenvalue weighted by Gasteiger charge is -1.99. The predicted octanol–water partition coefficient (Wildman–Crippen LogP) is 0.887. The normalized spacial score (nSPS) is 11.0. The maximum atomic E-state index is 12.2. The number of nitrogens with zero attached hydrogens (tertiary/aromatic N) is 5. The number of aromatic nitrogens is 5. The Bertz CT molecular complexity index is 848. The Labute approximate surface area is 129 Å². The lowest BCUT2D eigenvalue weighted by atomic mass is 10.1. The minimum atomic E-state index is -0.445. The van der Waals surface area contributed by atoms with Crippen LogP contribution >= 0.6 is 11.8 Å². The van der Waals surface area contributed by atoms with Gasteiger partial charge in [-0.1, -0.05) is 41.6 Å². The predicted molar refractivity (Wildman–Crippen MR) is 82.0 cm³/mol. The molecule has 1 aromatic carbocycles. The second kappa shape index (κ2) is 5.68. The molecule has 2 aromatic heterocycles. The van der Waals surface area contributed by atoms with Crippen LogP contribution in [0.3, 0.4) is 0 Å². The van der Waals surface area contributed by atoms with Crippen LogP contribution in [0, 0.1) is 6.92 Å². The van der Waals surface area contributed by atoms with E-state index in [4.69, 9.17) is 10.3 Å². The Hall–Kier alpha value is -2.55. The molecule has 0 radical (unpaired) electrons. The molecule has 114 valence electrons. The summed E-state index contributed by atoms with van der Waals surface area (Å²) in [7, 11) is 0. The zero-order valence-electron chi connectivity index (χ0n) is 12.1. The van der Waals surface area contributed by atoms with Crippen LogP contribution in [-0.2, 0) is 6.54 Å². The lowest BCUT2D eigenvalue weighted by Crippen LogP contribution is -2.30. The number of hydrogen-bond acceptors (Lipinski definition) is 7. The zero-order valence-corrected chi connectivity index (χ0v) is 12.9. The van der Waals surface area contributed by atoms with Crippen molar-refractivity contribution in [1.82, 2.24) is 24.7 Å². The summed E-state index contributed by atoms with van der Waals surface area (Å²) in [6, 6.07) is 7.59. The van der Waals surface area contributed by atoms with Crippen molar-refractivity contribution in [1.29, 1.82) is 0 Å². The molecule has 0 unspecified atom stereocenters. The third-order valence-corrected chi connectivity index (χ3v) is 3.60. The van der Waals surface area contributed by atoms with Crippen molar-refractivity contribution >= 4 is 11.8 Å². The van der Waals surface area contributed by atoms with E-state index in [1.165, 1.54) is 16.4 Å². The molecule has 0 aliphatic heterocycles. The van der Waals surface area contributed by atoms with Crippen LogP contribution in [0.15, 0.2) is 38.7 Å². The first-order valence-corrected chi connectivity index (χ1v) is 7.69. The Balaban J connectivity index is 1.95. The van der Waals surface area contributed by atoms with Gasteiger partial charge in [0.1, 0.15) is 6.54 Å². The SMILES string of the molecule is CSc1nnc(Cn2nc(-c3ccc(C)cc3)n(N)c2=O)o1. The number of aryl methyl sites for hydroxylation is 1. The molecule has 3 aromatic rings. The second-order valence-electron chi connectivity index (χ2n) is 4.67. The van der Waals surface area contributed by atoms with E-state index < -0.39 is 5.69 Å². The van der Waals surface area contributed by atoms with Crippen LogP contribution in [0.5, 0.6) is 0 Å². The topological polar surface area (TPSA) is 105 Å². The molecule has 3 rings (SSSR count). The highest BCUT2D eigenvalue weighted by molar-refractivity contribution is 7.98. The van der Waals surface area contributed by atoms with Crippen molar-refractivity contribution in [3.8, 4) is 11.4 Å². The van der Waals surface area contributed by atoms with Gasteiger partial charge in [0.05, 0.1) is 0 Å². The van der Waals surface area contributed by atoms with E-state index in [0.29, 0.717) is 16.9 Å². The van der Waals surface area contributed by atoms with Gasteiger partial charge in [-0.05, 0) is 13.2 Å². The summed E-state index contributed by atoms with van der Waals surface area (Å²) in [5.74, 6) is 6.50. The summed E-state index contributed by atoms with van der Waals surface area (Å²) < 4.78 is 7.56. The summed E-state index contributed by atoms with van der Waals surface area (Å²) in [5, 5.41) is 12.4. The third-order valence-electron chi connectivity index (χ3n) is 3.09. The minimum Gasteiger partial charge on any atom is -0.414 e. The molecule has 2 heterocycles. The number of nitrogens with two attached hydrogens (primary N) is 1. The standard InChI is InChI=1S/C13H14N6O2S/c1-8-3-5-9(6-4-8)11-17-18(13(20)19(11)14)7-10-15-16-12(21-10)22-2/h3-6H,7,14H2,1-2H3. The average molecular weight is 318 g/mol. The van der Waals surface area contributed by atoms with Crippen LogP contribution in [0.2, 0.25) is 0 Å². The fraction of sp³-hybridized carbons (Fsp3) is 0.231. The maximum absolute atomic E-state index is 12.2. The van der Waals surface area contributed by atoms with E-state index in [1.54, 1.807) is 0 Å². The summed E-state index contributed by atoms with van der Waals surface area (Å²) in [5.41, 5.74) is 1.43. The van der Waals surface area contributed by atoms with E-state index in [1.807, 2.05) is 37.4 Å². The molecule has 0 saturated heterocycles. The molecule has 0 saturated carbocycles. The van der Waals surface area contributed by atoms with Crippen LogP contribution in [0.25, 0.3) is 11.4 Å². The Morgan fingerprint density at radius 3 is 2.64 bits per heavy atom. The smallest absolute Gasteiger partial charge is 0.365 e. The molecule has 9 heteroatoms. The molecule has 8 nitrogen and oxygen atoms in total. The highest BCUT2D eigenvalue weighted by Crippen LogP contribution is 2.16. The molecule has 0 atom stereocenters. The van der Waals surface area contributed by atoms with Crippen LogP contribution in [0.4, 0.5) is 0 Å². The fourth-order valence-corrected chi connectivity index (χ4v) is 2.24. The highest BCUT2D eigenvalue weighted by atomic mass is 32.2. The van der Waals surface area contributed by atoms with Crippen molar-refractivity contribution in [3.05, 3.63) is 46.2 Å². The molecular weight excluding hydrogens is 304 g/mol. The first kappa shape index (κ1) is 14.4. The van der Waals surface area contributed by atoms with Gasteiger partial charge in [0.15, 0.2) is 5.82 Å². The first-order chi connectivity index (χ1) is 10.6. The number of hydrogen-bond donors (Lipinski definition) is 1. The van der Waals surface area contributed by atoms with Gasteiger partial charge in [-0.15, -0.1) is 15.3 Å². The third kappa shape index (κ3) is 2.62. The Kier molecular flexibility index (Phi) is 3.72. The van der Waals surface area contributed by atoms with Crippen molar-refractivity contribution in [3.63, 3.8) is 0 Å². The molecule has 0 aliphatic carbocycles. The number of benzene rings is 1. The molecule has 0 spiro atoms. The average Bonchev–Trinajstić information content (AvgIpc) is 3.08. The Morgan fingerprint density at radius 1 is 1.27 bits per heavy atom. The molecular formula is C13H14N6O2S. The summed E-state index contributed by atoms with van der Waals surface area (Å²) in [4.78, 5) is 12.2. The fourth-order valence-electron chi connectivity index (χ4n) is 1.94. The highest BCUT2D eigenvalue weighted by Gasteiger charge is 2.15. The van der Waals surface area contributed by atoms with E-state index >= 15 is 0 Å². The van der Waals surface area contributed by atoms with Gasteiger partial charge in [-0.3, -0.25) is 0 Å².